The van der Waals surface area contributed by atoms with Crippen LogP contribution in [0.2, 0.25) is 0 Å². The van der Waals surface area contributed by atoms with Gasteiger partial charge in [-0.1, -0.05) is 12.1 Å². The van der Waals surface area contributed by atoms with Crippen LogP contribution in [0.15, 0.2) is 47.4 Å². The number of aliphatic hydroxyl groups is 1. The van der Waals surface area contributed by atoms with E-state index in [1.54, 1.807) is 0 Å². The van der Waals surface area contributed by atoms with Crippen LogP contribution >= 0.6 is 11.8 Å². The third kappa shape index (κ3) is 6.63. The standard InChI is InChI=1S/C22H25F3O4S/c1-14-11-19(9-10-20(14)27-12-21-28-15(2)29-21)30-13-18(26)8-5-16-3-6-17(7-4-16)22(23,24)25/h3-4,6-7,9-11,15,18,21,26H,5,8,12-13H2,1-2H3. The number of ether oxygens (including phenoxy) is 3. The van der Waals surface area contributed by atoms with Gasteiger partial charge in [0.05, 0.1) is 11.7 Å². The topological polar surface area (TPSA) is 47.9 Å². The number of aryl methyl sites for hydroxylation is 2. The summed E-state index contributed by atoms with van der Waals surface area (Å²) in [6.45, 7) is 4.11. The number of aliphatic hydroxyl groups excluding tert-OH is 1. The average molecular weight is 442 g/mol. The first-order valence-corrected chi connectivity index (χ1v) is 10.7. The van der Waals surface area contributed by atoms with Gasteiger partial charge in [-0.05, 0) is 68.1 Å². The van der Waals surface area contributed by atoms with Crippen molar-refractivity contribution in [3.05, 3.63) is 59.2 Å². The molecule has 1 fully saturated rings. The molecule has 164 valence electrons. The van der Waals surface area contributed by atoms with Crippen molar-refractivity contribution in [2.24, 2.45) is 0 Å². The Bertz CT molecular complexity index is 820. The van der Waals surface area contributed by atoms with E-state index in [0.29, 0.717) is 25.2 Å². The van der Waals surface area contributed by atoms with Gasteiger partial charge in [0.15, 0.2) is 12.6 Å². The van der Waals surface area contributed by atoms with Gasteiger partial charge in [-0.3, -0.25) is 0 Å². The third-order valence-electron chi connectivity index (χ3n) is 4.70. The summed E-state index contributed by atoms with van der Waals surface area (Å²) in [6, 6.07) is 10.9. The molecule has 1 N–H and O–H groups in total. The molecule has 1 atom stereocenters. The van der Waals surface area contributed by atoms with Crippen molar-refractivity contribution in [2.45, 2.75) is 56.4 Å². The molecule has 0 bridgehead atoms. The molecule has 1 aliphatic rings. The second kappa shape index (κ2) is 10.0. The highest BCUT2D eigenvalue weighted by Gasteiger charge is 2.30. The Labute approximate surface area is 178 Å². The maximum atomic E-state index is 12.6. The molecule has 0 aliphatic carbocycles. The largest absolute Gasteiger partial charge is 0.488 e. The molecule has 2 aromatic rings. The van der Waals surface area contributed by atoms with Crippen LogP contribution in [0.1, 0.15) is 30.0 Å². The number of halogens is 3. The Balaban J connectivity index is 1.40. The first-order valence-electron chi connectivity index (χ1n) is 9.72. The molecule has 4 nitrogen and oxygen atoms in total. The van der Waals surface area contributed by atoms with Crippen LogP contribution in [0, 0.1) is 6.92 Å². The summed E-state index contributed by atoms with van der Waals surface area (Å²) in [5.74, 6) is 1.26. The second-order valence-corrected chi connectivity index (χ2v) is 8.30. The van der Waals surface area contributed by atoms with Gasteiger partial charge < -0.3 is 19.3 Å². The van der Waals surface area contributed by atoms with Gasteiger partial charge in [-0.25, -0.2) is 0 Å². The fourth-order valence-electron chi connectivity index (χ4n) is 3.02. The minimum atomic E-state index is -4.33. The van der Waals surface area contributed by atoms with Crippen molar-refractivity contribution >= 4 is 11.8 Å². The Morgan fingerprint density at radius 2 is 1.83 bits per heavy atom. The van der Waals surface area contributed by atoms with Gasteiger partial charge in [0.25, 0.3) is 0 Å². The van der Waals surface area contributed by atoms with E-state index in [1.807, 2.05) is 32.0 Å². The van der Waals surface area contributed by atoms with Crippen molar-refractivity contribution in [2.75, 3.05) is 12.4 Å². The fraction of sp³-hybridized carbons (Fsp3) is 0.455. The molecule has 0 amide bonds. The molecule has 0 saturated carbocycles. The fourth-order valence-corrected chi connectivity index (χ4v) is 3.99. The highest BCUT2D eigenvalue weighted by molar-refractivity contribution is 7.99. The zero-order chi connectivity index (χ0) is 21.7. The highest BCUT2D eigenvalue weighted by atomic mass is 32.2. The van der Waals surface area contributed by atoms with Crippen LogP contribution in [0.4, 0.5) is 13.2 Å². The van der Waals surface area contributed by atoms with Crippen LogP contribution in [-0.2, 0) is 22.1 Å². The summed E-state index contributed by atoms with van der Waals surface area (Å²) >= 11 is 1.53. The smallest absolute Gasteiger partial charge is 0.416 e. The minimum absolute atomic E-state index is 0.177. The Kier molecular flexibility index (Phi) is 7.68. The van der Waals surface area contributed by atoms with Crippen LogP contribution in [0.5, 0.6) is 5.75 Å². The summed E-state index contributed by atoms with van der Waals surface area (Å²) < 4.78 is 54.2. The monoisotopic (exact) mass is 442 g/mol. The molecule has 8 heteroatoms. The van der Waals surface area contributed by atoms with Crippen LogP contribution < -0.4 is 4.74 Å². The minimum Gasteiger partial charge on any atom is -0.488 e. The lowest BCUT2D eigenvalue weighted by atomic mass is 10.1. The van der Waals surface area contributed by atoms with Crippen molar-refractivity contribution in [3.8, 4) is 5.75 Å². The predicted octanol–water partition coefficient (Wildman–Crippen LogP) is 5.20. The molecule has 2 aromatic carbocycles. The summed E-state index contributed by atoms with van der Waals surface area (Å²) in [6.07, 6.45) is -4.38. The first kappa shape index (κ1) is 22.9. The molecule has 0 radical (unpaired) electrons. The number of hydrogen-bond donors (Lipinski definition) is 1. The van der Waals surface area contributed by atoms with Gasteiger partial charge >= 0.3 is 6.18 Å². The van der Waals surface area contributed by atoms with E-state index >= 15 is 0 Å². The molecule has 0 spiro atoms. The maximum absolute atomic E-state index is 12.6. The zero-order valence-corrected chi connectivity index (χ0v) is 17.6. The van der Waals surface area contributed by atoms with Crippen LogP contribution in [0.3, 0.4) is 0 Å². The molecule has 30 heavy (non-hydrogen) atoms. The first-order chi connectivity index (χ1) is 14.2. The van der Waals surface area contributed by atoms with E-state index in [2.05, 4.69) is 0 Å². The van der Waals surface area contributed by atoms with Gasteiger partial charge in [-0.2, -0.15) is 13.2 Å². The quantitative estimate of drug-likeness (QED) is 0.541. The van der Waals surface area contributed by atoms with Crippen molar-refractivity contribution in [1.82, 2.24) is 0 Å². The molecular weight excluding hydrogens is 417 g/mol. The third-order valence-corrected chi connectivity index (χ3v) is 5.84. The maximum Gasteiger partial charge on any atom is 0.416 e. The molecule has 1 saturated heterocycles. The van der Waals surface area contributed by atoms with E-state index in [1.165, 1.54) is 23.9 Å². The van der Waals surface area contributed by atoms with E-state index < -0.39 is 17.8 Å². The molecule has 0 aromatic heterocycles. The van der Waals surface area contributed by atoms with Crippen molar-refractivity contribution in [3.63, 3.8) is 0 Å². The van der Waals surface area contributed by atoms with Crippen LogP contribution in [-0.4, -0.2) is 36.2 Å². The second-order valence-electron chi connectivity index (χ2n) is 7.21. The summed E-state index contributed by atoms with van der Waals surface area (Å²) in [4.78, 5) is 1.01. The van der Waals surface area contributed by atoms with Gasteiger partial charge in [-0.15, -0.1) is 11.8 Å². The Hall–Kier alpha value is -1.74. The molecule has 3 rings (SSSR count). The molecular formula is C22H25F3O4S. The van der Waals surface area contributed by atoms with E-state index in [-0.39, 0.29) is 12.6 Å². The number of thioether (sulfide) groups is 1. The van der Waals surface area contributed by atoms with Gasteiger partial charge in [0.1, 0.15) is 12.4 Å². The van der Waals surface area contributed by atoms with E-state index in [4.69, 9.17) is 14.2 Å². The average Bonchev–Trinajstić information content (AvgIpc) is 2.68. The number of hydrogen-bond acceptors (Lipinski definition) is 5. The van der Waals surface area contributed by atoms with E-state index in [0.717, 1.165) is 33.9 Å². The lowest BCUT2D eigenvalue weighted by molar-refractivity contribution is -0.380. The predicted molar refractivity (Wildman–Crippen MR) is 109 cm³/mol. The zero-order valence-electron chi connectivity index (χ0n) is 16.8. The molecule has 1 heterocycles. The number of alkyl halides is 3. The van der Waals surface area contributed by atoms with Crippen molar-refractivity contribution in [1.29, 1.82) is 0 Å². The summed E-state index contributed by atoms with van der Waals surface area (Å²) in [5, 5.41) is 10.2. The lowest BCUT2D eigenvalue weighted by Crippen LogP contribution is -2.42. The Morgan fingerprint density at radius 3 is 2.43 bits per heavy atom. The summed E-state index contributed by atoms with van der Waals surface area (Å²) in [7, 11) is 0. The van der Waals surface area contributed by atoms with Crippen molar-refractivity contribution < 1.29 is 32.5 Å². The molecule has 1 aliphatic heterocycles. The lowest BCUT2D eigenvalue weighted by Gasteiger charge is -2.33. The number of rotatable bonds is 9. The normalized spacial score (nSPS) is 19.9. The Morgan fingerprint density at radius 1 is 1.13 bits per heavy atom. The summed E-state index contributed by atoms with van der Waals surface area (Å²) in [5.41, 5.74) is 1.09. The van der Waals surface area contributed by atoms with E-state index in [9.17, 15) is 18.3 Å². The highest BCUT2D eigenvalue weighted by Crippen LogP contribution is 2.30. The van der Waals surface area contributed by atoms with Gasteiger partial charge in [0, 0.05) is 10.6 Å². The number of benzene rings is 2. The molecule has 1 unspecified atom stereocenters. The van der Waals surface area contributed by atoms with Crippen LogP contribution in [0.25, 0.3) is 0 Å². The SMILES string of the molecule is Cc1cc(SCC(O)CCc2ccc(C(F)(F)F)cc2)ccc1OCC1OC(C)O1. The van der Waals surface area contributed by atoms with Gasteiger partial charge in [0.2, 0.25) is 0 Å².